The Kier molecular flexibility index (Phi) is 5.52. The molecular weight excluding hydrogens is 418 g/mol. The summed E-state index contributed by atoms with van der Waals surface area (Å²) in [6.07, 6.45) is 15.4. The fourth-order valence-corrected chi connectivity index (χ4v) is 4.48. The Bertz CT molecular complexity index is 1680. The molecule has 0 aliphatic rings. The molecule has 0 N–H and O–H groups in total. The van der Waals surface area contributed by atoms with Crippen molar-refractivity contribution in [3.63, 3.8) is 0 Å². The SMILES string of the molecule is C=C/C=c1\c(=C/C)c2nc3c(C=C)c(/C=C\C)n(-c4ccncc4)c3nc2n1-c1ccccc1. The van der Waals surface area contributed by atoms with Crippen LogP contribution in [0, 0.1) is 0 Å². The van der Waals surface area contributed by atoms with Crippen molar-refractivity contribution in [3.05, 3.63) is 102 Å². The summed E-state index contributed by atoms with van der Waals surface area (Å²) in [5.74, 6) is 0. The zero-order chi connectivity index (χ0) is 23.7. The fourth-order valence-electron chi connectivity index (χ4n) is 4.48. The molecule has 1 aromatic carbocycles. The van der Waals surface area contributed by atoms with Gasteiger partial charge in [-0.3, -0.25) is 14.1 Å². The predicted octanol–water partition coefficient (Wildman–Crippen LogP) is 5.20. The number of aromatic nitrogens is 5. The first-order chi connectivity index (χ1) is 16.7. The number of nitrogens with zero attached hydrogens (tertiary/aromatic N) is 5. The van der Waals surface area contributed by atoms with Crippen LogP contribution in [0.3, 0.4) is 0 Å². The van der Waals surface area contributed by atoms with Crippen molar-refractivity contribution < 1.29 is 0 Å². The summed E-state index contributed by atoms with van der Waals surface area (Å²) in [6.45, 7) is 12.1. The summed E-state index contributed by atoms with van der Waals surface area (Å²) in [6, 6.07) is 14.2. The molecule has 5 rings (SSSR count). The fraction of sp³-hybridized carbons (Fsp3) is 0.0690. The molecule has 5 heteroatoms. The van der Waals surface area contributed by atoms with Crippen LogP contribution in [-0.2, 0) is 0 Å². The summed E-state index contributed by atoms with van der Waals surface area (Å²) in [5.41, 5.74) is 7.12. The Labute approximate surface area is 198 Å². The number of para-hydroxylation sites is 1. The normalized spacial score (nSPS) is 12.9. The molecule has 0 aliphatic heterocycles. The first kappa shape index (κ1) is 21.3. The third-order valence-electron chi connectivity index (χ3n) is 5.85. The number of allylic oxidation sites excluding steroid dienone is 2. The number of benzene rings is 1. The average molecular weight is 444 g/mol. The van der Waals surface area contributed by atoms with Crippen molar-refractivity contribution in [2.24, 2.45) is 0 Å². The van der Waals surface area contributed by atoms with Gasteiger partial charge in [0.2, 0.25) is 0 Å². The molecule has 0 unspecified atom stereocenters. The Morgan fingerprint density at radius 3 is 2.18 bits per heavy atom. The van der Waals surface area contributed by atoms with Crippen LogP contribution >= 0.6 is 0 Å². The molecule has 0 atom stereocenters. The van der Waals surface area contributed by atoms with E-state index in [1.54, 1.807) is 18.5 Å². The molecule has 0 amide bonds. The second kappa shape index (κ2) is 8.79. The second-order valence-corrected chi connectivity index (χ2v) is 7.77. The third kappa shape index (κ3) is 3.21. The van der Waals surface area contributed by atoms with Crippen molar-refractivity contribution >= 4 is 46.6 Å². The number of hydrogen-bond acceptors (Lipinski definition) is 3. The lowest BCUT2D eigenvalue weighted by Crippen LogP contribution is -2.28. The monoisotopic (exact) mass is 443 g/mol. The highest BCUT2D eigenvalue weighted by Crippen LogP contribution is 2.30. The van der Waals surface area contributed by atoms with E-state index in [9.17, 15) is 0 Å². The van der Waals surface area contributed by atoms with E-state index < -0.39 is 0 Å². The molecule has 0 aliphatic carbocycles. The molecule has 4 aromatic heterocycles. The number of pyridine rings is 1. The van der Waals surface area contributed by atoms with Gasteiger partial charge in [0.25, 0.3) is 0 Å². The summed E-state index contributed by atoms with van der Waals surface area (Å²) in [7, 11) is 0. The zero-order valence-electron chi connectivity index (χ0n) is 19.3. The van der Waals surface area contributed by atoms with Crippen LogP contribution in [0.1, 0.15) is 25.1 Å². The van der Waals surface area contributed by atoms with Crippen molar-refractivity contribution in [2.75, 3.05) is 0 Å². The van der Waals surface area contributed by atoms with Crippen molar-refractivity contribution in [1.82, 2.24) is 24.1 Å². The lowest BCUT2D eigenvalue weighted by Gasteiger charge is -2.09. The van der Waals surface area contributed by atoms with Gasteiger partial charge in [-0.25, -0.2) is 9.97 Å². The smallest absolute Gasteiger partial charge is 0.166 e. The van der Waals surface area contributed by atoms with E-state index in [-0.39, 0.29) is 0 Å². The van der Waals surface area contributed by atoms with Crippen LogP contribution in [0.15, 0.2) is 80.2 Å². The Morgan fingerprint density at radius 2 is 1.53 bits per heavy atom. The van der Waals surface area contributed by atoms with Crippen LogP contribution in [0.5, 0.6) is 0 Å². The molecule has 34 heavy (non-hydrogen) atoms. The van der Waals surface area contributed by atoms with E-state index in [0.717, 1.165) is 55.5 Å². The van der Waals surface area contributed by atoms with Gasteiger partial charge in [-0.1, -0.05) is 55.7 Å². The minimum absolute atomic E-state index is 0.768. The average Bonchev–Trinajstić information content (AvgIpc) is 3.34. The van der Waals surface area contributed by atoms with Gasteiger partial charge in [-0.05, 0) is 50.3 Å². The number of fused-ring (bicyclic) bond motifs is 2. The van der Waals surface area contributed by atoms with Crippen molar-refractivity contribution in [1.29, 1.82) is 0 Å². The maximum absolute atomic E-state index is 5.24. The molecule has 0 saturated heterocycles. The molecule has 5 nitrogen and oxygen atoms in total. The van der Waals surface area contributed by atoms with Gasteiger partial charge < -0.3 is 0 Å². The molecule has 0 radical (unpaired) electrons. The van der Waals surface area contributed by atoms with E-state index in [2.05, 4.69) is 51.6 Å². The van der Waals surface area contributed by atoms with Gasteiger partial charge in [-0.2, -0.15) is 0 Å². The maximum Gasteiger partial charge on any atom is 0.166 e. The minimum atomic E-state index is 0.768. The minimum Gasteiger partial charge on any atom is -0.292 e. The van der Waals surface area contributed by atoms with E-state index in [1.165, 1.54) is 0 Å². The molecule has 0 saturated carbocycles. The Morgan fingerprint density at radius 1 is 0.824 bits per heavy atom. The molecule has 0 bridgehead atoms. The highest BCUT2D eigenvalue weighted by molar-refractivity contribution is 5.95. The van der Waals surface area contributed by atoms with Gasteiger partial charge in [0.15, 0.2) is 11.3 Å². The predicted molar refractivity (Wildman–Crippen MR) is 142 cm³/mol. The van der Waals surface area contributed by atoms with E-state index in [4.69, 9.17) is 9.97 Å². The number of hydrogen-bond donors (Lipinski definition) is 0. The molecule has 0 fully saturated rings. The summed E-state index contributed by atoms with van der Waals surface area (Å²) >= 11 is 0. The van der Waals surface area contributed by atoms with E-state index >= 15 is 0 Å². The van der Waals surface area contributed by atoms with Crippen LogP contribution in [-0.4, -0.2) is 24.1 Å². The van der Waals surface area contributed by atoms with Crippen LogP contribution < -0.4 is 10.6 Å². The first-order valence-corrected chi connectivity index (χ1v) is 11.2. The van der Waals surface area contributed by atoms with Crippen LogP contribution in [0.4, 0.5) is 0 Å². The van der Waals surface area contributed by atoms with Gasteiger partial charge in [-0.15, -0.1) is 0 Å². The van der Waals surface area contributed by atoms with E-state index in [0.29, 0.717) is 0 Å². The van der Waals surface area contributed by atoms with Gasteiger partial charge >= 0.3 is 0 Å². The summed E-state index contributed by atoms with van der Waals surface area (Å²) in [5, 5.41) is 2.02. The molecule has 5 aromatic rings. The van der Waals surface area contributed by atoms with Crippen LogP contribution in [0.25, 0.3) is 58.0 Å². The molecular formula is C29H25N5. The van der Waals surface area contributed by atoms with Gasteiger partial charge in [0, 0.05) is 28.9 Å². The lowest BCUT2D eigenvalue weighted by molar-refractivity contribution is 1.03. The second-order valence-electron chi connectivity index (χ2n) is 7.77. The summed E-state index contributed by atoms with van der Waals surface area (Å²) < 4.78 is 4.26. The Balaban J connectivity index is 2.05. The third-order valence-corrected chi connectivity index (χ3v) is 5.85. The van der Waals surface area contributed by atoms with Crippen molar-refractivity contribution in [2.45, 2.75) is 13.8 Å². The number of rotatable bonds is 5. The van der Waals surface area contributed by atoms with Crippen LogP contribution in [0.2, 0.25) is 0 Å². The quantitative estimate of drug-likeness (QED) is 0.375. The molecule has 166 valence electrons. The maximum atomic E-state index is 5.24. The molecule has 0 spiro atoms. The van der Waals surface area contributed by atoms with E-state index in [1.807, 2.05) is 62.4 Å². The van der Waals surface area contributed by atoms with Gasteiger partial charge in [0.05, 0.1) is 16.7 Å². The van der Waals surface area contributed by atoms with Crippen molar-refractivity contribution in [3.8, 4) is 11.4 Å². The zero-order valence-corrected chi connectivity index (χ0v) is 19.3. The van der Waals surface area contributed by atoms with Gasteiger partial charge in [0.1, 0.15) is 11.0 Å². The summed E-state index contributed by atoms with van der Waals surface area (Å²) in [4.78, 5) is 14.6. The largest absolute Gasteiger partial charge is 0.292 e. The standard InChI is InChI=1S/C29H25N5/c1-5-12-24-22(7-3)26-28(33(24)20-14-10-9-11-15-20)32-29-27(31-26)23(8-4)25(13-6-2)34(29)21-16-18-30-19-17-21/h5-19H,1,4H2,2-3H3/b13-6-,22-7+,24-12+. The molecule has 4 heterocycles. The highest BCUT2D eigenvalue weighted by atomic mass is 15.1. The first-order valence-electron chi connectivity index (χ1n) is 11.2. The highest BCUT2D eigenvalue weighted by Gasteiger charge is 2.21. The lowest BCUT2D eigenvalue weighted by atomic mass is 10.2. The topological polar surface area (TPSA) is 48.5 Å². The Hall–Kier alpha value is -4.51.